The largest absolute Gasteiger partial charge is 0.318 e. The van der Waals surface area contributed by atoms with Crippen molar-refractivity contribution in [3.63, 3.8) is 0 Å². The summed E-state index contributed by atoms with van der Waals surface area (Å²) in [5, 5.41) is 5.10. The molecule has 2 aromatic heterocycles. The Bertz CT molecular complexity index is 1370. The molecule has 0 spiro atoms. The van der Waals surface area contributed by atoms with Crippen LogP contribution in [0.2, 0.25) is 0 Å². The number of benzene rings is 2. The second-order valence-corrected chi connectivity index (χ2v) is 8.83. The van der Waals surface area contributed by atoms with Crippen molar-refractivity contribution in [2.75, 3.05) is 0 Å². The van der Waals surface area contributed by atoms with Gasteiger partial charge in [0, 0.05) is 33.5 Å². The highest BCUT2D eigenvalue weighted by molar-refractivity contribution is 9.10. The zero-order chi connectivity index (χ0) is 22.3. The Morgan fingerprint density at radius 1 is 1.03 bits per heavy atom. The molecule has 4 aromatic rings. The van der Waals surface area contributed by atoms with Crippen molar-refractivity contribution in [2.45, 2.75) is 41.0 Å². The first-order valence-corrected chi connectivity index (χ1v) is 11.1. The van der Waals surface area contributed by atoms with Crippen LogP contribution in [0.3, 0.4) is 0 Å². The molecular weight excluding hydrogens is 452 g/mol. The highest BCUT2D eigenvalue weighted by atomic mass is 79.9. The molecule has 0 saturated carbocycles. The maximum absolute atomic E-state index is 13.1. The Balaban J connectivity index is 1.82. The van der Waals surface area contributed by atoms with Crippen molar-refractivity contribution in [3.8, 4) is 5.69 Å². The Labute approximate surface area is 190 Å². The molecule has 0 saturated heterocycles. The summed E-state index contributed by atoms with van der Waals surface area (Å²) in [5.74, 6) is 0.638. The zero-order valence-corrected chi connectivity index (χ0v) is 20.0. The summed E-state index contributed by atoms with van der Waals surface area (Å²) in [6.45, 7) is 10.4. The van der Waals surface area contributed by atoms with Gasteiger partial charge in [-0.05, 0) is 75.2 Å². The quantitative estimate of drug-likeness (QED) is 0.358. The van der Waals surface area contributed by atoms with Gasteiger partial charge >= 0.3 is 0 Å². The Hall–Kier alpha value is -2.99. The SMILES string of the molecule is CCc1nc2ccc(Br)cc2c(=O)n1N=Cc1cc(C)n(-c2cc(C)cc(C)c2)c1C. The molecule has 158 valence electrons. The fraction of sp³-hybridized carbons (Fsp3) is 0.240. The molecule has 5 nitrogen and oxygen atoms in total. The molecule has 0 unspecified atom stereocenters. The van der Waals surface area contributed by atoms with Gasteiger partial charge < -0.3 is 4.57 Å². The monoisotopic (exact) mass is 476 g/mol. The lowest BCUT2D eigenvalue weighted by Crippen LogP contribution is -2.22. The van der Waals surface area contributed by atoms with Crippen molar-refractivity contribution in [1.82, 2.24) is 14.2 Å². The van der Waals surface area contributed by atoms with E-state index in [0.29, 0.717) is 23.1 Å². The third-order valence-corrected chi connectivity index (χ3v) is 5.93. The lowest BCUT2D eigenvalue weighted by Gasteiger charge is -2.12. The van der Waals surface area contributed by atoms with Crippen LogP contribution in [0, 0.1) is 27.7 Å². The van der Waals surface area contributed by atoms with Crippen LogP contribution in [0.15, 0.2) is 56.8 Å². The van der Waals surface area contributed by atoms with Crippen molar-refractivity contribution >= 4 is 33.0 Å². The number of rotatable bonds is 4. The molecule has 31 heavy (non-hydrogen) atoms. The third kappa shape index (κ3) is 4.00. The van der Waals surface area contributed by atoms with Gasteiger partial charge in [-0.1, -0.05) is 28.9 Å². The highest BCUT2D eigenvalue weighted by Gasteiger charge is 2.12. The van der Waals surface area contributed by atoms with E-state index in [2.05, 4.69) is 82.5 Å². The second kappa shape index (κ2) is 8.27. The van der Waals surface area contributed by atoms with Crippen LogP contribution < -0.4 is 5.56 Å². The van der Waals surface area contributed by atoms with Gasteiger partial charge in [-0.15, -0.1) is 0 Å². The van der Waals surface area contributed by atoms with Gasteiger partial charge in [0.2, 0.25) is 0 Å². The molecule has 0 aliphatic carbocycles. The van der Waals surface area contributed by atoms with Crippen LogP contribution in [-0.4, -0.2) is 20.4 Å². The smallest absolute Gasteiger partial charge is 0.282 e. The van der Waals surface area contributed by atoms with E-state index in [-0.39, 0.29) is 5.56 Å². The Kier molecular flexibility index (Phi) is 5.67. The van der Waals surface area contributed by atoms with E-state index in [1.807, 2.05) is 19.1 Å². The maximum atomic E-state index is 13.1. The molecule has 0 amide bonds. The molecule has 0 fully saturated rings. The predicted octanol–water partition coefficient (Wildman–Crippen LogP) is 5.63. The third-order valence-electron chi connectivity index (χ3n) is 5.44. The maximum Gasteiger partial charge on any atom is 0.282 e. The number of aromatic nitrogens is 3. The van der Waals surface area contributed by atoms with Gasteiger partial charge in [-0.3, -0.25) is 4.79 Å². The van der Waals surface area contributed by atoms with E-state index in [1.165, 1.54) is 15.8 Å². The minimum atomic E-state index is -0.164. The summed E-state index contributed by atoms with van der Waals surface area (Å²) in [5.41, 5.74) is 7.28. The lowest BCUT2D eigenvalue weighted by molar-refractivity contribution is 0.734. The molecule has 2 heterocycles. The number of aryl methyl sites for hydroxylation is 4. The van der Waals surface area contributed by atoms with E-state index in [4.69, 9.17) is 0 Å². The second-order valence-electron chi connectivity index (χ2n) is 7.91. The lowest BCUT2D eigenvalue weighted by atomic mass is 10.1. The summed E-state index contributed by atoms with van der Waals surface area (Å²) in [4.78, 5) is 17.8. The van der Waals surface area contributed by atoms with Crippen LogP contribution >= 0.6 is 15.9 Å². The van der Waals surface area contributed by atoms with E-state index in [0.717, 1.165) is 27.1 Å². The minimum absolute atomic E-state index is 0.164. The molecule has 6 heteroatoms. The van der Waals surface area contributed by atoms with Gasteiger partial charge in [-0.25, -0.2) is 4.98 Å². The van der Waals surface area contributed by atoms with Gasteiger partial charge in [0.05, 0.1) is 17.1 Å². The van der Waals surface area contributed by atoms with Gasteiger partial charge in [0.1, 0.15) is 5.82 Å². The molecule has 0 aliphatic heterocycles. The Morgan fingerprint density at radius 3 is 2.42 bits per heavy atom. The van der Waals surface area contributed by atoms with Crippen molar-refractivity contribution in [1.29, 1.82) is 0 Å². The first-order chi connectivity index (χ1) is 14.8. The van der Waals surface area contributed by atoms with Gasteiger partial charge in [0.25, 0.3) is 5.56 Å². The molecule has 4 rings (SSSR count). The summed E-state index contributed by atoms with van der Waals surface area (Å²) in [6, 6.07) is 14.2. The first kappa shape index (κ1) is 21.2. The molecular formula is C25H25BrN4O. The van der Waals surface area contributed by atoms with Crippen LogP contribution in [0.5, 0.6) is 0 Å². The number of hydrogen-bond acceptors (Lipinski definition) is 3. The average molecular weight is 477 g/mol. The van der Waals surface area contributed by atoms with Gasteiger partial charge in [-0.2, -0.15) is 9.78 Å². The molecule has 0 atom stereocenters. The zero-order valence-electron chi connectivity index (χ0n) is 18.4. The minimum Gasteiger partial charge on any atom is -0.318 e. The molecule has 0 bridgehead atoms. The van der Waals surface area contributed by atoms with E-state index >= 15 is 0 Å². The number of hydrogen-bond donors (Lipinski definition) is 0. The summed E-state index contributed by atoms with van der Waals surface area (Å²) < 4.78 is 4.48. The fourth-order valence-electron chi connectivity index (χ4n) is 4.06. The summed E-state index contributed by atoms with van der Waals surface area (Å²) >= 11 is 3.44. The van der Waals surface area contributed by atoms with Crippen LogP contribution in [0.4, 0.5) is 0 Å². The predicted molar refractivity (Wildman–Crippen MR) is 131 cm³/mol. The topological polar surface area (TPSA) is 52.2 Å². The number of fused-ring (bicyclic) bond motifs is 1. The van der Waals surface area contributed by atoms with Crippen molar-refractivity contribution in [3.05, 3.63) is 91.2 Å². The molecule has 0 N–H and O–H groups in total. The number of nitrogens with zero attached hydrogens (tertiary/aromatic N) is 4. The van der Waals surface area contributed by atoms with Crippen molar-refractivity contribution < 1.29 is 0 Å². The van der Waals surface area contributed by atoms with Crippen molar-refractivity contribution in [2.24, 2.45) is 5.10 Å². The normalized spacial score (nSPS) is 11.7. The van der Waals surface area contributed by atoms with Crippen LogP contribution in [0.1, 0.15) is 40.8 Å². The van der Waals surface area contributed by atoms with E-state index in [9.17, 15) is 4.79 Å². The van der Waals surface area contributed by atoms with Crippen LogP contribution in [-0.2, 0) is 6.42 Å². The van der Waals surface area contributed by atoms with E-state index in [1.54, 1.807) is 12.3 Å². The highest BCUT2D eigenvalue weighted by Crippen LogP contribution is 2.22. The standard InChI is InChI=1S/C25H25BrN4O/c1-6-24-28-23-8-7-20(26)13-22(23)25(31)30(24)27-14-19-12-17(4)29(18(19)5)21-10-15(2)9-16(3)11-21/h7-14H,6H2,1-5H3. The van der Waals surface area contributed by atoms with E-state index < -0.39 is 0 Å². The Morgan fingerprint density at radius 2 is 1.74 bits per heavy atom. The molecule has 2 aromatic carbocycles. The molecule has 0 radical (unpaired) electrons. The summed E-state index contributed by atoms with van der Waals surface area (Å²) in [7, 11) is 0. The average Bonchev–Trinajstić information content (AvgIpc) is 3.00. The molecule has 0 aliphatic rings. The fourth-order valence-corrected chi connectivity index (χ4v) is 4.42. The van der Waals surface area contributed by atoms with Crippen LogP contribution in [0.25, 0.3) is 16.6 Å². The number of halogens is 1. The summed E-state index contributed by atoms with van der Waals surface area (Å²) in [6.07, 6.45) is 2.37. The first-order valence-electron chi connectivity index (χ1n) is 10.3. The van der Waals surface area contributed by atoms with Gasteiger partial charge in [0.15, 0.2) is 0 Å².